The molecule has 1 aromatic rings. The highest BCUT2D eigenvalue weighted by atomic mass is 32.2. The lowest BCUT2D eigenvalue weighted by molar-refractivity contribution is 0.533. The molecule has 4 heteroatoms. The molecule has 2 rings (SSSR count). The predicted octanol–water partition coefficient (Wildman–Crippen LogP) is 4.36. The van der Waals surface area contributed by atoms with E-state index in [1.54, 1.807) is 0 Å². The van der Waals surface area contributed by atoms with E-state index in [9.17, 15) is 8.78 Å². The smallest absolute Gasteiger partial charge is 0.140 e. The van der Waals surface area contributed by atoms with Crippen LogP contribution in [0.2, 0.25) is 0 Å². The summed E-state index contributed by atoms with van der Waals surface area (Å²) in [4.78, 5) is 0.163. The minimum Gasteiger partial charge on any atom is -0.310 e. The van der Waals surface area contributed by atoms with Gasteiger partial charge in [0.25, 0.3) is 0 Å². The summed E-state index contributed by atoms with van der Waals surface area (Å²) < 4.78 is 27.8. The van der Waals surface area contributed by atoms with Crippen molar-refractivity contribution in [1.82, 2.24) is 5.32 Å². The van der Waals surface area contributed by atoms with E-state index >= 15 is 0 Å². The molecule has 0 amide bonds. The van der Waals surface area contributed by atoms with E-state index < -0.39 is 11.6 Å². The Morgan fingerprint density at radius 1 is 1.26 bits per heavy atom. The number of halogens is 2. The van der Waals surface area contributed by atoms with Crippen LogP contribution >= 0.6 is 11.8 Å². The fourth-order valence-electron chi connectivity index (χ4n) is 1.80. The van der Waals surface area contributed by atoms with Crippen LogP contribution in [0.3, 0.4) is 0 Å². The molecule has 1 aromatic carbocycles. The first-order valence-electron chi connectivity index (χ1n) is 6.90. The molecule has 0 heterocycles. The minimum absolute atomic E-state index is 0.163. The van der Waals surface area contributed by atoms with Crippen molar-refractivity contribution in [3.8, 4) is 0 Å². The predicted molar refractivity (Wildman–Crippen MR) is 76.4 cm³/mol. The minimum atomic E-state index is -0.429. The van der Waals surface area contributed by atoms with Crippen LogP contribution in [0.25, 0.3) is 0 Å². The number of rotatable bonds is 7. The molecule has 0 atom stereocenters. The summed E-state index contributed by atoms with van der Waals surface area (Å²) in [7, 11) is 0. The Balaban J connectivity index is 1.94. The zero-order valence-corrected chi connectivity index (χ0v) is 12.3. The first-order valence-corrected chi connectivity index (χ1v) is 7.89. The van der Waals surface area contributed by atoms with Gasteiger partial charge in [-0.15, -0.1) is 11.8 Å². The normalized spacial score (nSPS) is 15.2. The van der Waals surface area contributed by atoms with Crippen LogP contribution in [0.1, 0.15) is 38.7 Å². The largest absolute Gasteiger partial charge is 0.310 e. The Bertz CT molecular complexity index is 407. The Kier molecular flexibility index (Phi) is 5.22. The van der Waals surface area contributed by atoms with Crippen molar-refractivity contribution < 1.29 is 8.78 Å². The Hall–Kier alpha value is -0.610. The van der Waals surface area contributed by atoms with E-state index in [1.165, 1.54) is 36.7 Å². The zero-order chi connectivity index (χ0) is 13.8. The molecule has 0 aliphatic heterocycles. The first-order chi connectivity index (χ1) is 9.06. The van der Waals surface area contributed by atoms with Gasteiger partial charge in [0.15, 0.2) is 0 Å². The van der Waals surface area contributed by atoms with Crippen molar-refractivity contribution in [2.45, 2.75) is 50.6 Å². The molecule has 0 saturated heterocycles. The van der Waals surface area contributed by atoms with Gasteiger partial charge in [-0.05, 0) is 48.6 Å². The molecule has 0 aromatic heterocycles. The Morgan fingerprint density at radius 2 is 1.89 bits per heavy atom. The maximum atomic E-state index is 13.9. The van der Waals surface area contributed by atoms with Gasteiger partial charge in [-0.25, -0.2) is 8.78 Å². The summed E-state index contributed by atoms with van der Waals surface area (Å²) in [6, 6.07) is 3.46. The molecule has 1 fully saturated rings. The van der Waals surface area contributed by atoms with Gasteiger partial charge in [-0.1, -0.05) is 13.8 Å². The standard InChI is InChI=1S/C15H21F2NS/c1-10(2)5-6-19-15-13(16)7-11(8-14(15)17)9-18-12-3-4-12/h7-8,10,12,18H,3-6,9H2,1-2H3. The lowest BCUT2D eigenvalue weighted by atomic mass is 10.2. The van der Waals surface area contributed by atoms with E-state index in [4.69, 9.17) is 0 Å². The summed E-state index contributed by atoms with van der Waals surface area (Å²) >= 11 is 1.28. The molecule has 0 spiro atoms. The van der Waals surface area contributed by atoms with Gasteiger partial charge in [0.2, 0.25) is 0 Å². The second-order valence-electron chi connectivity index (χ2n) is 5.57. The van der Waals surface area contributed by atoms with Crippen LogP contribution < -0.4 is 5.32 Å². The van der Waals surface area contributed by atoms with Crippen molar-refractivity contribution in [2.24, 2.45) is 5.92 Å². The van der Waals surface area contributed by atoms with Crippen LogP contribution in [0.5, 0.6) is 0 Å². The molecular formula is C15H21F2NS. The van der Waals surface area contributed by atoms with Crippen LogP contribution in [0.15, 0.2) is 17.0 Å². The topological polar surface area (TPSA) is 12.0 Å². The highest BCUT2D eigenvalue weighted by molar-refractivity contribution is 7.99. The third-order valence-electron chi connectivity index (χ3n) is 3.17. The summed E-state index contributed by atoms with van der Waals surface area (Å²) in [6.45, 7) is 4.77. The molecular weight excluding hydrogens is 264 g/mol. The third kappa shape index (κ3) is 4.77. The lowest BCUT2D eigenvalue weighted by Gasteiger charge is -2.09. The van der Waals surface area contributed by atoms with Gasteiger partial charge < -0.3 is 5.32 Å². The fourth-order valence-corrected chi connectivity index (χ4v) is 2.99. The van der Waals surface area contributed by atoms with Crippen molar-refractivity contribution in [1.29, 1.82) is 0 Å². The SMILES string of the molecule is CC(C)CCSc1c(F)cc(CNC2CC2)cc1F. The van der Waals surface area contributed by atoms with Crippen molar-refractivity contribution in [3.05, 3.63) is 29.3 Å². The van der Waals surface area contributed by atoms with Gasteiger partial charge in [-0.2, -0.15) is 0 Å². The van der Waals surface area contributed by atoms with Crippen LogP contribution in [0, 0.1) is 17.6 Å². The highest BCUT2D eigenvalue weighted by Gasteiger charge is 2.20. The molecule has 0 bridgehead atoms. The molecule has 1 N–H and O–H groups in total. The van der Waals surface area contributed by atoms with Crippen molar-refractivity contribution >= 4 is 11.8 Å². The molecule has 1 saturated carbocycles. The molecule has 0 radical (unpaired) electrons. The second kappa shape index (κ2) is 6.71. The van der Waals surface area contributed by atoms with Gasteiger partial charge in [0, 0.05) is 12.6 Å². The average molecular weight is 285 g/mol. The third-order valence-corrected chi connectivity index (χ3v) is 4.29. The number of hydrogen-bond donors (Lipinski definition) is 1. The highest BCUT2D eigenvalue weighted by Crippen LogP contribution is 2.28. The van der Waals surface area contributed by atoms with Crippen LogP contribution in [-0.2, 0) is 6.54 Å². The maximum absolute atomic E-state index is 13.9. The molecule has 19 heavy (non-hydrogen) atoms. The van der Waals surface area contributed by atoms with Crippen LogP contribution in [-0.4, -0.2) is 11.8 Å². The van der Waals surface area contributed by atoms with Crippen LogP contribution in [0.4, 0.5) is 8.78 Å². The maximum Gasteiger partial charge on any atom is 0.140 e. The average Bonchev–Trinajstić information content (AvgIpc) is 3.13. The van der Waals surface area contributed by atoms with Gasteiger partial charge in [0.1, 0.15) is 11.6 Å². The Morgan fingerprint density at radius 3 is 2.42 bits per heavy atom. The first kappa shape index (κ1) is 14.8. The number of nitrogens with one attached hydrogen (secondary N) is 1. The van der Waals surface area contributed by atoms with Crippen molar-refractivity contribution in [2.75, 3.05) is 5.75 Å². The number of benzene rings is 1. The quantitative estimate of drug-likeness (QED) is 0.747. The van der Waals surface area contributed by atoms with Gasteiger partial charge >= 0.3 is 0 Å². The van der Waals surface area contributed by atoms with E-state index in [0.717, 1.165) is 12.2 Å². The Labute approximate surface area is 118 Å². The van der Waals surface area contributed by atoms with E-state index in [1.807, 2.05) is 0 Å². The lowest BCUT2D eigenvalue weighted by Crippen LogP contribution is -2.15. The number of hydrogen-bond acceptors (Lipinski definition) is 2. The van der Waals surface area contributed by atoms with E-state index in [0.29, 0.717) is 24.1 Å². The van der Waals surface area contributed by atoms with Crippen molar-refractivity contribution in [3.63, 3.8) is 0 Å². The monoisotopic (exact) mass is 285 g/mol. The summed E-state index contributed by atoms with van der Waals surface area (Å²) in [5.41, 5.74) is 0.690. The van der Waals surface area contributed by atoms with Gasteiger partial charge in [0.05, 0.1) is 4.90 Å². The summed E-state index contributed by atoms with van der Waals surface area (Å²) in [6.07, 6.45) is 3.32. The fraction of sp³-hybridized carbons (Fsp3) is 0.600. The number of thioether (sulfide) groups is 1. The van der Waals surface area contributed by atoms with E-state index in [-0.39, 0.29) is 4.90 Å². The van der Waals surface area contributed by atoms with Gasteiger partial charge in [-0.3, -0.25) is 0 Å². The molecule has 1 aliphatic rings. The van der Waals surface area contributed by atoms with E-state index in [2.05, 4.69) is 19.2 Å². The summed E-state index contributed by atoms with van der Waals surface area (Å²) in [5, 5.41) is 3.26. The molecule has 0 unspecified atom stereocenters. The summed E-state index contributed by atoms with van der Waals surface area (Å²) in [5.74, 6) is 0.453. The molecule has 106 valence electrons. The second-order valence-corrected chi connectivity index (χ2v) is 6.68. The molecule has 1 nitrogen and oxygen atoms in total. The zero-order valence-electron chi connectivity index (χ0n) is 11.5. The molecule has 1 aliphatic carbocycles.